The number of carboxylic acids is 1. The molecule has 0 fully saturated rings. The van der Waals surface area contributed by atoms with Crippen molar-refractivity contribution < 1.29 is 9.90 Å². The fraction of sp³-hybridized carbons (Fsp3) is 0.800. The van der Waals surface area contributed by atoms with Gasteiger partial charge in [-0.05, 0) is 31.1 Å². The van der Waals surface area contributed by atoms with Crippen LogP contribution >= 0.6 is 0 Å². The van der Waals surface area contributed by atoms with Crippen molar-refractivity contribution in [2.45, 2.75) is 66.7 Å². The van der Waals surface area contributed by atoms with Crippen LogP contribution in [0, 0.1) is 11.3 Å². The highest BCUT2D eigenvalue weighted by Gasteiger charge is 2.23. The molecule has 0 spiro atoms. The molecule has 0 saturated heterocycles. The summed E-state index contributed by atoms with van der Waals surface area (Å²) in [5, 5.41) is 8.84. The number of carbonyl (C=O) groups is 1. The standard InChI is InChI=1S/C15H28O2/c1-6-7-8-9-13(15(3,4)5)11-10-12(2)14(16)17/h10,13H,6-9,11H2,1-5H3,(H,16,17)/b12-10+. The van der Waals surface area contributed by atoms with E-state index < -0.39 is 5.97 Å². The maximum Gasteiger partial charge on any atom is 0.330 e. The van der Waals surface area contributed by atoms with Crippen molar-refractivity contribution in [1.82, 2.24) is 0 Å². The minimum atomic E-state index is -0.800. The molecule has 2 nitrogen and oxygen atoms in total. The molecule has 0 aromatic heterocycles. The van der Waals surface area contributed by atoms with Crippen LogP contribution in [0.4, 0.5) is 0 Å². The molecule has 0 heterocycles. The molecule has 100 valence electrons. The third kappa shape index (κ3) is 7.19. The molecule has 2 heteroatoms. The van der Waals surface area contributed by atoms with E-state index in [0.717, 1.165) is 6.42 Å². The molecular weight excluding hydrogens is 212 g/mol. The van der Waals surface area contributed by atoms with Crippen LogP contribution in [-0.2, 0) is 4.79 Å². The van der Waals surface area contributed by atoms with Gasteiger partial charge in [0.05, 0.1) is 0 Å². The molecule has 17 heavy (non-hydrogen) atoms. The zero-order valence-electron chi connectivity index (χ0n) is 12.0. The first-order chi connectivity index (χ1) is 7.79. The highest BCUT2D eigenvalue weighted by molar-refractivity contribution is 5.85. The van der Waals surface area contributed by atoms with E-state index in [-0.39, 0.29) is 5.41 Å². The highest BCUT2D eigenvalue weighted by atomic mass is 16.4. The second kappa shape index (κ2) is 7.52. The van der Waals surface area contributed by atoms with E-state index in [2.05, 4.69) is 27.7 Å². The Labute approximate surface area is 106 Å². The lowest BCUT2D eigenvalue weighted by Gasteiger charge is -2.30. The Kier molecular flexibility index (Phi) is 7.17. The van der Waals surface area contributed by atoms with Crippen LogP contribution in [0.3, 0.4) is 0 Å². The van der Waals surface area contributed by atoms with Crippen LogP contribution in [-0.4, -0.2) is 11.1 Å². The van der Waals surface area contributed by atoms with Crippen molar-refractivity contribution >= 4 is 5.97 Å². The van der Waals surface area contributed by atoms with Gasteiger partial charge >= 0.3 is 5.97 Å². The van der Waals surface area contributed by atoms with E-state index in [1.165, 1.54) is 25.7 Å². The Morgan fingerprint density at radius 1 is 1.29 bits per heavy atom. The average Bonchev–Trinajstić information content (AvgIpc) is 2.20. The lowest BCUT2D eigenvalue weighted by molar-refractivity contribution is -0.132. The van der Waals surface area contributed by atoms with E-state index in [1.54, 1.807) is 6.92 Å². The molecule has 0 aliphatic rings. The Morgan fingerprint density at radius 2 is 1.88 bits per heavy atom. The van der Waals surface area contributed by atoms with Crippen LogP contribution in [0.2, 0.25) is 0 Å². The molecule has 0 radical (unpaired) electrons. The number of aliphatic carboxylic acids is 1. The smallest absolute Gasteiger partial charge is 0.330 e. The summed E-state index contributed by atoms with van der Waals surface area (Å²) in [6, 6.07) is 0. The van der Waals surface area contributed by atoms with Gasteiger partial charge in [-0.1, -0.05) is 53.0 Å². The van der Waals surface area contributed by atoms with Crippen molar-refractivity contribution in [3.8, 4) is 0 Å². The molecule has 0 rings (SSSR count). The van der Waals surface area contributed by atoms with E-state index in [9.17, 15) is 4.79 Å². The van der Waals surface area contributed by atoms with Crippen molar-refractivity contribution in [2.75, 3.05) is 0 Å². The van der Waals surface area contributed by atoms with Gasteiger partial charge < -0.3 is 5.11 Å². The Morgan fingerprint density at radius 3 is 2.29 bits per heavy atom. The van der Waals surface area contributed by atoms with Gasteiger partial charge in [0.15, 0.2) is 0 Å². The summed E-state index contributed by atoms with van der Waals surface area (Å²) in [4.78, 5) is 10.8. The van der Waals surface area contributed by atoms with E-state index in [0.29, 0.717) is 11.5 Å². The quantitative estimate of drug-likeness (QED) is 0.519. The third-order valence-corrected chi connectivity index (χ3v) is 3.43. The second-order valence-electron chi connectivity index (χ2n) is 5.99. The van der Waals surface area contributed by atoms with E-state index in [4.69, 9.17) is 5.11 Å². The Balaban J connectivity index is 4.40. The molecule has 0 aromatic carbocycles. The molecule has 0 aliphatic carbocycles. The summed E-state index contributed by atoms with van der Waals surface area (Å²) in [5.74, 6) is -0.227. The number of hydrogen-bond acceptors (Lipinski definition) is 1. The normalized spacial score (nSPS) is 14.8. The van der Waals surface area contributed by atoms with Gasteiger partial charge in [0.1, 0.15) is 0 Å². The molecule has 0 aromatic rings. The predicted molar refractivity (Wildman–Crippen MR) is 73.1 cm³/mol. The van der Waals surface area contributed by atoms with Gasteiger partial charge in [0.2, 0.25) is 0 Å². The summed E-state index contributed by atoms with van der Waals surface area (Å²) in [5.41, 5.74) is 0.720. The highest BCUT2D eigenvalue weighted by Crippen LogP contribution is 2.33. The molecule has 0 saturated carbocycles. The third-order valence-electron chi connectivity index (χ3n) is 3.43. The Hall–Kier alpha value is -0.790. The summed E-state index contributed by atoms with van der Waals surface area (Å²) < 4.78 is 0. The van der Waals surface area contributed by atoms with Crippen LogP contribution in [0.15, 0.2) is 11.6 Å². The maximum absolute atomic E-state index is 10.8. The minimum absolute atomic E-state index is 0.253. The first-order valence-corrected chi connectivity index (χ1v) is 6.69. The van der Waals surface area contributed by atoms with Crippen molar-refractivity contribution in [3.05, 3.63) is 11.6 Å². The van der Waals surface area contributed by atoms with Crippen molar-refractivity contribution in [1.29, 1.82) is 0 Å². The van der Waals surface area contributed by atoms with E-state index >= 15 is 0 Å². The van der Waals surface area contributed by atoms with Gasteiger partial charge in [-0.15, -0.1) is 0 Å². The molecule has 1 unspecified atom stereocenters. The first-order valence-electron chi connectivity index (χ1n) is 6.69. The maximum atomic E-state index is 10.8. The zero-order valence-corrected chi connectivity index (χ0v) is 12.0. The molecular formula is C15H28O2. The first kappa shape index (κ1) is 16.2. The molecule has 0 bridgehead atoms. The van der Waals surface area contributed by atoms with Gasteiger partial charge in [-0.2, -0.15) is 0 Å². The number of unbranched alkanes of at least 4 members (excludes halogenated alkanes) is 2. The number of hydrogen-bond donors (Lipinski definition) is 1. The van der Waals surface area contributed by atoms with Gasteiger partial charge in [0, 0.05) is 5.57 Å². The van der Waals surface area contributed by atoms with Crippen LogP contribution in [0.5, 0.6) is 0 Å². The molecule has 1 atom stereocenters. The van der Waals surface area contributed by atoms with Gasteiger partial charge in [-0.25, -0.2) is 4.79 Å². The van der Waals surface area contributed by atoms with Crippen LogP contribution < -0.4 is 0 Å². The lowest BCUT2D eigenvalue weighted by atomic mass is 9.75. The number of rotatable bonds is 7. The summed E-state index contributed by atoms with van der Waals surface area (Å²) >= 11 is 0. The Bertz CT molecular complexity index is 259. The SMILES string of the molecule is CCCCCC(C/C=C(\C)C(=O)O)C(C)(C)C. The van der Waals surface area contributed by atoms with Crippen molar-refractivity contribution in [2.24, 2.45) is 11.3 Å². The fourth-order valence-corrected chi connectivity index (χ4v) is 1.95. The monoisotopic (exact) mass is 240 g/mol. The topological polar surface area (TPSA) is 37.3 Å². The van der Waals surface area contributed by atoms with Gasteiger partial charge in [0.25, 0.3) is 0 Å². The molecule has 1 N–H and O–H groups in total. The number of carboxylic acid groups (broad SMARTS) is 1. The summed E-state index contributed by atoms with van der Waals surface area (Å²) in [6.45, 7) is 10.6. The van der Waals surface area contributed by atoms with Crippen LogP contribution in [0.1, 0.15) is 66.7 Å². The number of allylic oxidation sites excluding steroid dienone is 1. The molecule has 0 amide bonds. The fourth-order valence-electron chi connectivity index (χ4n) is 1.95. The minimum Gasteiger partial charge on any atom is -0.478 e. The summed E-state index contributed by atoms with van der Waals surface area (Å²) in [6.07, 6.45) is 7.71. The van der Waals surface area contributed by atoms with Gasteiger partial charge in [-0.3, -0.25) is 0 Å². The molecule has 0 aliphatic heterocycles. The van der Waals surface area contributed by atoms with Crippen LogP contribution in [0.25, 0.3) is 0 Å². The lowest BCUT2D eigenvalue weighted by Crippen LogP contribution is -2.20. The second-order valence-corrected chi connectivity index (χ2v) is 5.99. The zero-order chi connectivity index (χ0) is 13.5. The average molecular weight is 240 g/mol. The summed E-state index contributed by atoms with van der Waals surface area (Å²) in [7, 11) is 0. The predicted octanol–water partition coefficient (Wildman–Crippen LogP) is 4.65. The van der Waals surface area contributed by atoms with E-state index in [1.807, 2.05) is 6.08 Å². The largest absolute Gasteiger partial charge is 0.478 e. The van der Waals surface area contributed by atoms with Crippen molar-refractivity contribution in [3.63, 3.8) is 0 Å².